The number of benzene rings is 2. The third kappa shape index (κ3) is 1.89. The lowest BCUT2D eigenvalue weighted by molar-refractivity contribution is 0.626. The molecule has 0 saturated heterocycles. The zero-order valence-corrected chi connectivity index (χ0v) is 12.8. The molecule has 1 N–H and O–H groups in total. The van der Waals surface area contributed by atoms with Crippen LogP contribution >= 0.6 is 0 Å². The number of aromatic amines is 1. The maximum absolute atomic E-state index is 13.3. The quantitative estimate of drug-likeness (QED) is 0.564. The molecule has 0 bridgehead atoms. The summed E-state index contributed by atoms with van der Waals surface area (Å²) < 4.78 is 13.3. The first kappa shape index (κ1) is 13.4. The zero-order chi connectivity index (χ0) is 16.1. The lowest BCUT2D eigenvalue weighted by atomic mass is 9.75. The van der Waals surface area contributed by atoms with Crippen LogP contribution in [0.1, 0.15) is 22.6 Å². The number of hydrogen-bond acceptors (Lipinski definition) is 2. The van der Waals surface area contributed by atoms with Crippen LogP contribution in [-0.4, -0.2) is 15.2 Å². The number of fused-ring (bicyclic) bond motifs is 5. The molecule has 4 aromatic rings. The zero-order valence-electron chi connectivity index (χ0n) is 12.8. The van der Waals surface area contributed by atoms with Crippen LogP contribution in [0.3, 0.4) is 0 Å². The van der Waals surface area contributed by atoms with Crippen molar-refractivity contribution in [1.82, 2.24) is 15.2 Å². The van der Waals surface area contributed by atoms with Gasteiger partial charge < -0.3 is 0 Å². The summed E-state index contributed by atoms with van der Waals surface area (Å²) in [7, 11) is 0. The maximum Gasteiger partial charge on any atom is 0.155 e. The smallest absolute Gasteiger partial charge is 0.155 e. The van der Waals surface area contributed by atoms with Gasteiger partial charge in [-0.1, -0.05) is 36.4 Å². The number of nitrogens with one attached hydrogen (secondary N) is 1. The Morgan fingerprint density at radius 1 is 1.00 bits per heavy atom. The Morgan fingerprint density at radius 3 is 2.71 bits per heavy atom. The number of hydrogen-bond donors (Lipinski definition) is 1. The molecule has 2 heterocycles. The number of H-pyrrole nitrogens is 1. The first-order chi connectivity index (χ1) is 11.8. The highest BCUT2D eigenvalue weighted by Crippen LogP contribution is 2.44. The van der Waals surface area contributed by atoms with Gasteiger partial charge in [0.05, 0.1) is 6.20 Å². The monoisotopic (exact) mass is 315 g/mol. The molecule has 3 nitrogen and oxygen atoms in total. The summed E-state index contributed by atoms with van der Waals surface area (Å²) in [6.07, 6.45) is 4.63. The standard InChI is InChI=1S/C20H14FN3/c21-14-7-5-12(6-8-14)17-9-13-10-22-20-18(11-23-24-20)19(13)16-4-2-1-3-15(16)17/h1-8,10-11,17H,9H2,(H,22,23,24). The summed E-state index contributed by atoms with van der Waals surface area (Å²) in [5.41, 5.74) is 6.83. The lowest BCUT2D eigenvalue weighted by Crippen LogP contribution is -2.13. The number of aromatic nitrogens is 3. The van der Waals surface area contributed by atoms with Gasteiger partial charge in [0.1, 0.15) is 5.82 Å². The van der Waals surface area contributed by atoms with Crippen molar-refractivity contribution < 1.29 is 4.39 Å². The van der Waals surface area contributed by atoms with Crippen LogP contribution in [0.2, 0.25) is 0 Å². The van der Waals surface area contributed by atoms with E-state index in [9.17, 15) is 4.39 Å². The Kier molecular flexibility index (Phi) is 2.80. The molecular weight excluding hydrogens is 301 g/mol. The normalized spacial score (nSPS) is 16.0. The third-order valence-corrected chi connectivity index (χ3v) is 4.86. The van der Waals surface area contributed by atoms with E-state index >= 15 is 0 Å². The SMILES string of the molecule is Fc1ccc(C2Cc3cnc4[nH]ncc4c3-c3ccccc32)cc1. The van der Waals surface area contributed by atoms with E-state index < -0.39 is 0 Å². The first-order valence-electron chi connectivity index (χ1n) is 7.97. The largest absolute Gasteiger partial charge is 0.261 e. The van der Waals surface area contributed by atoms with Gasteiger partial charge >= 0.3 is 0 Å². The fraction of sp³-hybridized carbons (Fsp3) is 0.100. The van der Waals surface area contributed by atoms with Gasteiger partial charge in [0, 0.05) is 17.5 Å². The van der Waals surface area contributed by atoms with E-state index in [0.29, 0.717) is 0 Å². The van der Waals surface area contributed by atoms with E-state index in [2.05, 4.69) is 39.4 Å². The molecule has 116 valence electrons. The summed E-state index contributed by atoms with van der Waals surface area (Å²) in [4.78, 5) is 4.49. The van der Waals surface area contributed by atoms with E-state index in [-0.39, 0.29) is 11.7 Å². The van der Waals surface area contributed by atoms with Gasteiger partial charge in [-0.25, -0.2) is 9.37 Å². The molecule has 4 heteroatoms. The van der Waals surface area contributed by atoms with E-state index in [1.165, 1.54) is 34.4 Å². The molecule has 24 heavy (non-hydrogen) atoms. The minimum Gasteiger partial charge on any atom is -0.261 e. The van der Waals surface area contributed by atoms with Crippen LogP contribution in [0.25, 0.3) is 22.2 Å². The second-order valence-electron chi connectivity index (χ2n) is 6.19. The van der Waals surface area contributed by atoms with Crippen molar-refractivity contribution in [2.45, 2.75) is 12.3 Å². The van der Waals surface area contributed by atoms with Gasteiger partial charge in [0.25, 0.3) is 0 Å². The van der Waals surface area contributed by atoms with Gasteiger partial charge in [-0.3, -0.25) is 5.10 Å². The van der Waals surface area contributed by atoms with Gasteiger partial charge in [0.15, 0.2) is 5.65 Å². The predicted molar refractivity (Wildman–Crippen MR) is 91.3 cm³/mol. The Balaban J connectivity index is 1.76. The molecule has 2 aromatic carbocycles. The first-order valence-corrected chi connectivity index (χ1v) is 7.97. The van der Waals surface area contributed by atoms with E-state index in [4.69, 9.17) is 0 Å². The van der Waals surface area contributed by atoms with Gasteiger partial charge in [-0.2, -0.15) is 5.10 Å². The molecule has 1 aliphatic carbocycles. The average Bonchev–Trinajstić information content (AvgIpc) is 3.10. The van der Waals surface area contributed by atoms with Crippen LogP contribution in [0, 0.1) is 5.82 Å². The fourth-order valence-corrected chi connectivity index (χ4v) is 3.76. The summed E-state index contributed by atoms with van der Waals surface area (Å²) >= 11 is 0. The topological polar surface area (TPSA) is 41.6 Å². The van der Waals surface area contributed by atoms with Crippen molar-refractivity contribution in [1.29, 1.82) is 0 Å². The van der Waals surface area contributed by atoms with Crippen LogP contribution in [-0.2, 0) is 6.42 Å². The molecule has 1 atom stereocenters. The van der Waals surface area contributed by atoms with Crippen molar-refractivity contribution in [3.05, 3.63) is 83.4 Å². The van der Waals surface area contributed by atoms with Gasteiger partial charge in [-0.15, -0.1) is 0 Å². The Morgan fingerprint density at radius 2 is 1.83 bits per heavy atom. The van der Waals surface area contributed by atoms with E-state index in [0.717, 1.165) is 23.0 Å². The van der Waals surface area contributed by atoms with Gasteiger partial charge in [-0.05, 0) is 46.4 Å². The van der Waals surface area contributed by atoms with Crippen LogP contribution < -0.4 is 0 Å². The summed E-state index contributed by atoms with van der Waals surface area (Å²) in [5, 5.41) is 8.14. The van der Waals surface area contributed by atoms with Crippen LogP contribution in [0.15, 0.2) is 60.9 Å². The highest BCUT2D eigenvalue weighted by Gasteiger charge is 2.27. The lowest BCUT2D eigenvalue weighted by Gasteiger charge is -2.28. The number of nitrogens with zero attached hydrogens (tertiary/aromatic N) is 2. The summed E-state index contributed by atoms with van der Waals surface area (Å²) in [6, 6.07) is 15.3. The molecule has 0 aliphatic heterocycles. The molecular formula is C20H14FN3. The van der Waals surface area contributed by atoms with Gasteiger partial charge in [0.2, 0.25) is 0 Å². The van der Waals surface area contributed by atoms with Crippen molar-refractivity contribution in [2.75, 3.05) is 0 Å². The molecule has 0 amide bonds. The van der Waals surface area contributed by atoms with Crippen molar-refractivity contribution in [3.63, 3.8) is 0 Å². The van der Waals surface area contributed by atoms with E-state index in [1.807, 2.05) is 24.5 Å². The Labute approximate surface area is 138 Å². The average molecular weight is 315 g/mol. The highest BCUT2D eigenvalue weighted by atomic mass is 19.1. The minimum absolute atomic E-state index is 0.204. The molecule has 5 rings (SSSR count). The van der Waals surface area contributed by atoms with E-state index in [1.54, 1.807) is 0 Å². The Hall–Kier alpha value is -3.01. The van der Waals surface area contributed by atoms with Crippen molar-refractivity contribution >= 4 is 11.0 Å². The summed E-state index contributed by atoms with van der Waals surface area (Å²) in [6.45, 7) is 0. The minimum atomic E-state index is -0.204. The molecule has 0 saturated carbocycles. The molecule has 0 spiro atoms. The molecule has 0 radical (unpaired) electrons. The van der Waals surface area contributed by atoms with Crippen molar-refractivity contribution in [2.24, 2.45) is 0 Å². The summed E-state index contributed by atoms with van der Waals surface area (Å²) in [5.74, 6) is 0.00506. The Bertz CT molecular complexity index is 1050. The number of halogens is 1. The second kappa shape index (κ2) is 4.99. The molecule has 1 aliphatic rings. The van der Waals surface area contributed by atoms with Crippen LogP contribution in [0.4, 0.5) is 4.39 Å². The van der Waals surface area contributed by atoms with Crippen molar-refractivity contribution in [3.8, 4) is 11.1 Å². The number of pyridine rings is 1. The maximum atomic E-state index is 13.3. The second-order valence-corrected chi connectivity index (χ2v) is 6.19. The highest BCUT2D eigenvalue weighted by molar-refractivity contribution is 5.96. The third-order valence-electron chi connectivity index (χ3n) is 4.86. The molecule has 1 unspecified atom stereocenters. The fourth-order valence-electron chi connectivity index (χ4n) is 3.76. The van der Waals surface area contributed by atoms with Crippen LogP contribution in [0.5, 0.6) is 0 Å². The predicted octanol–water partition coefficient (Wildman–Crippen LogP) is 4.45. The molecule has 0 fully saturated rings. The molecule has 2 aromatic heterocycles. The number of rotatable bonds is 1.